The predicted octanol–water partition coefficient (Wildman–Crippen LogP) is 0.415. The second-order valence-corrected chi connectivity index (χ2v) is 4.63. The van der Waals surface area contributed by atoms with Gasteiger partial charge in [0.25, 0.3) is 0 Å². The van der Waals surface area contributed by atoms with Gasteiger partial charge in [-0.2, -0.15) is 5.10 Å². The summed E-state index contributed by atoms with van der Waals surface area (Å²) < 4.78 is 6.46. The quantitative estimate of drug-likeness (QED) is 0.831. The zero-order chi connectivity index (χ0) is 15.4. The SMILES string of the molecule is CNC(=O)Cn1cc(NC(=O)Cc2c(C)noc2C)cn1. The molecule has 2 amide bonds. The van der Waals surface area contributed by atoms with Crippen molar-refractivity contribution < 1.29 is 14.1 Å². The lowest BCUT2D eigenvalue weighted by Crippen LogP contribution is -2.23. The molecule has 0 radical (unpaired) electrons. The van der Waals surface area contributed by atoms with E-state index in [1.165, 1.54) is 10.9 Å². The summed E-state index contributed by atoms with van der Waals surface area (Å²) in [5.41, 5.74) is 2.03. The molecule has 2 aromatic rings. The highest BCUT2D eigenvalue weighted by Crippen LogP contribution is 2.14. The van der Waals surface area contributed by atoms with Gasteiger partial charge < -0.3 is 15.2 Å². The van der Waals surface area contributed by atoms with Crippen LogP contribution in [0.25, 0.3) is 0 Å². The third-order valence-electron chi connectivity index (χ3n) is 3.02. The largest absolute Gasteiger partial charge is 0.361 e. The molecule has 0 aromatic carbocycles. The van der Waals surface area contributed by atoms with Crippen molar-refractivity contribution in [3.8, 4) is 0 Å². The summed E-state index contributed by atoms with van der Waals surface area (Å²) >= 11 is 0. The highest BCUT2D eigenvalue weighted by Gasteiger charge is 2.14. The zero-order valence-electron chi connectivity index (χ0n) is 12.1. The lowest BCUT2D eigenvalue weighted by Gasteiger charge is -2.02. The third kappa shape index (κ3) is 3.68. The molecular weight excluding hydrogens is 274 g/mol. The minimum atomic E-state index is -0.191. The van der Waals surface area contributed by atoms with E-state index in [0.717, 1.165) is 5.56 Å². The molecular formula is C13H17N5O3. The monoisotopic (exact) mass is 291 g/mol. The Kier molecular flexibility index (Phi) is 4.36. The van der Waals surface area contributed by atoms with Crippen LogP contribution >= 0.6 is 0 Å². The van der Waals surface area contributed by atoms with Crippen LogP contribution < -0.4 is 10.6 Å². The molecule has 0 spiro atoms. The van der Waals surface area contributed by atoms with Crippen LogP contribution in [0.3, 0.4) is 0 Å². The zero-order valence-corrected chi connectivity index (χ0v) is 12.1. The second kappa shape index (κ2) is 6.21. The molecule has 0 aliphatic carbocycles. The highest BCUT2D eigenvalue weighted by atomic mass is 16.5. The summed E-state index contributed by atoms with van der Waals surface area (Å²) in [4.78, 5) is 23.2. The van der Waals surface area contributed by atoms with Crippen LogP contribution in [0.2, 0.25) is 0 Å². The van der Waals surface area contributed by atoms with Crippen molar-refractivity contribution in [3.63, 3.8) is 0 Å². The molecule has 8 heteroatoms. The molecule has 0 saturated carbocycles. The first-order chi connectivity index (χ1) is 9.99. The fraction of sp³-hybridized carbons (Fsp3) is 0.385. The van der Waals surface area contributed by atoms with E-state index in [1.807, 2.05) is 0 Å². The number of carbonyl (C=O) groups is 2. The summed E-state index contributed by atoms with van der Waals surface area (Å²) in [5.74, 6) is 0.286. The van der Waals surface area contributed by atoms with Gasteiger partial charge in [0, 0.05) is 18.8 Å². The van der Waals surface area contributed by atoms with Gasteiger partial charge in [-0.05, 0) is 13.8 Å². The maximum atomic E-state index is 12.0. The van der Waals surface area contributed by atoms with Gasteiger partial charge in [0.1, 0.15) is 12.3 Å². The van der Waals surface area contributed by atoms with Crippen molar-refractivity contribution >= 4 is 17.5 Å². The maximum absolute atomic E-state index is 12.0. The van der Waals surface area contributed by atoms with E-state index in [9.17, 15) is 9.59 Å². The maximum Gasteiger partial charge on any atom is 0.241 e. The third-order valence-corrected chi connectivity index (χ3v) is 3.02. The van der Waals surface area contributed by atoms with Crippen LogP contribution in [0.5, 0.6) is 0 Å². The Balaban J connectivity index is 1.96. The Labute approximate surface area is 121 Å². The smallest absolute Gasteiger partial charge is 0.241 e. The molecule has 0 saturated heterocycles. The molecule has 21 heavy (non-hydrogen) atoms. The predicted molar refractivity (Wildman–Crippen MR) is 74.6 cm³/mol. The van der Waals surface area contributed by atoms with Crippen molar-refractivity contribution in [2.45, 2.75) is 26.8 Å². The van der Waals surface area contributed by atoms with Gasteiger partial charge in [0.05, 0.1) is 24.0 Å². The van der Waals surface area contributed by atoms with Gasteiger partial charge in [-0.15, -0.1) is 0 Å². The van der Waals surface area contributed by atoms with E-state index in [0.29, 0.717) is 17.1 Å². The van der Waals surface area contributed by atoms with E-state index >= 15 is 0 Å². The first kappa shape index (κ1) is 14.8. The molecule has 8 nitrogen and oxygen atoms in total. The lowest BCUT2D eigenvalue weighted by atomic mass is 10.1. The van der Waals surface area contributed by atoms with Crippen LogP contribution in [-0.4, -0.2) is 33.8 Å². The first-order valence-corrected chi connectivity index (χ1v) is 6.44. The number of hydrogen-bond donors (Lipinski definition) is 2. The minimum Gasteiger partial charge on any atom is -0.361 e. The van der Waals surface area contributed by atoms with Crippen LogP contribution in [0, 0.1) is 13.8 Å². The number of carbonyl (C=O) groups excluding carboxylic acids is 2. The molecule has 2 rings (SSSR count). The number of nitrogens with zero attached hydrogens (tertiary/aromatic N) is 3. The van der Waals surface area contributed by atoms with Gasteiger partial charge in [-0.25, -0.2) is 0 Å². The van der Waals surface area contributed by atoms with E-state index < -0.39 is 0 Å². The fourth-order valence-corrected chi connectivity index (χ4v) is 1.86. The fourth-order valence-electron chi connectivity index (χ4n) is 1.86. The number of anilines is 1. The van der Waals surface area contributed by atoms with Gasteiger partial charge in [-0.3, -0.25) is 14.3 Å². The van der Waals surface area contributed by atoms with Gasteiger partial charge >= 0.3 is 0 Å². The molecule has 0 aliphatic rings. The van der Waals surface area contributed by atoms with E-state index in [1.54, 1.807) is 27.1 Å². The molecule has 0 unspecified atom stereocenters. The van der Waals surface area contributed by atoms with Crippen LogP contribution in [-0.2, 0) is 22.6 Å². The van der Waals surface area contributed by atoms with Crippen molar-refractivity contribution in [2.75, 3.05) is 12.4 Å². The highest BCUT2D eigenvalue weighted by molar-refractivity contribution is 5.92. The van der Waals surface area contributed by atoms with E-state index in [2.05, 4.69) is 20.9 Å². The number of nitrogens with one attached hydrogen (secondary N) is 2. The van der Waals surface area contributed by atoms with Crippen LogP contribution in [0.4, 0.5) is 5.69 Å². The Morgan fingerprint density at radius 1 is 1.33 bits per heavy atom. The number of hydrogen-bond acceptors (Lipinski definition) is 5. The summed E-state index contributed by atoms with van der Waals surface area (Å²) in [5, 5.41) is 13.0. The van der Waals surface area contributed by atoms with Crippen molar-refractivity contribution in [1.29, 1.82) is 0 Å². The summed E-state index contributed by atoms with van der Waals surface area (Å²) in [6.45, 7) is 3.67. The van der Waals surface area contributed by atoms with Gasteiger partial charge in [-0.1, -0.05) is 5.16 Å². The van der Waals surface area contributed by atoms with Crippen molar-refractivity contribution in [3.05, 3.63) is 29.4 Å². The van der Waals surface area contributed by atoms with Crippen LogP contribution in [0.15, 0.2) is 16.9 Å². The number of rotatable bonds is 5. The molecule has 2 heterocycles. The second-order valence-electron chi connectivity index (χ2n) is 4.63. The number of aryl methyl sites for hydroxylation is 2. The Morgan fingerprint density at radius 3 is 2.71 bits per heavy atom. The average Bonchev–Trinajstić information content (AvgIpc) is 3.00. The number of amides is 2. The average molecular weight is 291 g/mol. The molecule has 0 fully saturated rings. The molecule has 0 aliphatic heterocycles. The van der Waals surface area contributed by atoms with Crippen molar-refractivity contribution in [2.24, 2.45) is 0 Å². The molecule has 2 aromatic heterocycles. The van der Waals surface area contributed by atoms with Gasteiger partial charge in [0.2, 0.25) is 11.8 Å². The summed E-state index contributed by atoms with van der Waals surface area (Å²) in [6, 6.07) is 0. The normalized spacial score (nSPS) is 10.4. The van der Waals surface area contributed by atoms with E-state index in [4.69, 9.17) is 4.52 Å². The summed E-state index contributed by atoms with van der Waals surface area (Å²) in [7, 11) is 1.55. The van der Waals surface area contributed by atoms with Crippen molar-refractivity contribution in [1.82, 2.24) is 20.3 Å². The Morgan fingerprint density at radius 2 is 2.10 bits per heavy atom. The Bertz CT molecular complexity index is 639. The van der Waals surface area contributed by atoms with Crippen LogP contribution in [0.1, 0.15) is 17.0 Å². The minimum absolute atomic E-state index is 0.107. The lowest BCUT2D eigenvalue weighted by molar-refractivity contribution is -0.121. The van der Waals surface area contributed by atoms with E-state index in [-0.39, 0.29) is 24.8 Å². The molecule has 2 N–H and O–H groups in total. The Hall–Kier alpha value is -2.64. The van der Waals surface area contributed by atoms with Gasteiger partial charge in [0.15, 0.2) is 0 Å². The topological polar surface area (TPSA) is 102 Å². The molecule has 0 bridgehead atoms. The number of aromatic nitrogens is 3. The first-order valence-electron chi connectivity index (χ1n) is 6.44. The molecule has 112 valence electrons. The summed E-state index contributed by atoms with van der Waals surface area (Å²) in [6.07, 6.45) is 3.27. The standard InChI is InChI=1S/C13H17N5O3/c1-8-11(9(2)21-17-8)4-12(19)16-10-5-15-18(6-10)7-13(20)14-3/h5-6H,4,7H2,1-3H3,(H,14,20)(H,16,19). The molecule has 0 atom stereocenters. The number of likely N-dealkylation sites (N-methyl/N-ethyl adjacent to an activating group) is 1.